The molecule has 3 heterocycles. The van der Waals surface area contributed by atoms with E-state index in [1.165, 1.54) is 11.6 Å². The largest absolute Gasteiger partial charge is 0.447 e. The Balaban J connectivity index is 1.85. The van der Waals surface area contributed by atoms with E-state index in [4.69, 9.17) is 0 Å². The molecule has 3 amide bonds. The van der Waals surface area contributed by atoms with Crippen molar-refractivity contribution < 1.29 is 18.7 Å². The number of imide groups is 1. The third-order valence-electron chi connectivity index (χ3n) is 4.00. The molecule has 2 aliphatic heterocycles. The van der Waals surface area contributed by atoms with Crippen LogP contribution in [0.4, 0.5) is 9.93 Å². The van der Waals surface area contributed by atoms with E-state index in [0.29, 0.717) is 5.84 Å². The van der Waals surface area contributed by atoms with Crippen LogP contribution in [0.25, 0.3) is 10.4 Å². The van der Waals surface area contributed by atoms with E-state index in [9.17, 15) is 9.59 Å². The Morgan fingerprint density at radius 2 is 1.95 bits per heavy atom. The summed E-state index contributed by atoms with van der Waals surface area (Å²) in [6.07, 6.45) is 1.97. The van der Waals surface area contributed by atoms with Gasteiger partial charge in [0, 0.05) is 7.05 Å². The minimum absolute atomic E-state index is 0.227. The van der Waals surface area contributed by atoms with Gasteiger partial charge in [0.15, 0.2) is 0 Å². The zero-order chi connectivity index (χ0) is 15.4. The van der Waals surface area contributed by atoms with Crippen LogP contribution in [0.5, 0.6) is 0 Å². The lowest BCUT2D eigenvalue weighted by Crippen LogP contribution is -2.61. The van der Waals surface area contributed by atoms with Gasteiger partial charge in [-0.05, 0) is 16.9 Å². The number of urea groups is 1. The van der Waals surface area contributed by atoms with E-state index >= 15 is 0 Å². The second kappa shape index (κ2) is 4.48. The fraction of sp³-hybridized carbons (Fsp3) is 0.200. The molecule has 2 aromatic rings. The van der Waals surface area contributed by atoms with Crippen LogP contribution < -0.4 is 9.88 Å². The Morgan fingerprint density at radius 1 is 1.23 bits per heavy atom. The molecule has 0 bridgehead atoms. The Morgan fingerprint density at radius 3 is 2.68 bits per heavy atom. The Kier molecular flexibility index (Phi) is 2.67. The van der Waals surface area contributed by atoms with Crippen molar-refractivity contribution >= 4 is 34.2 Å². The quantitative estimate of drug-likeness (QED) is 0.798. The van der Waals surface area contributed by atoms with E-state index < -0.39 is 6.04 Å². The number of nitrogens with one attached hydrogen (secondary N) is 1. The van der Waals surface area contributed by atoms with Gasteiger partial charge in [0.1, 0.15) is 13.2 Å². The lowest BCUT2D eigenvalue weighted by atomic mass is 10.2. The SMILES string of the molecule is CN1C(=O)C2Nc3sc(-c4ccccc4)c[n+]3C2=[N+](C)C1=O. The summed E-state index contributed by atoms with van der Waals surface area (Å²) >= 11 is 1.57. The van der Waals surface area contributed by atoms with Gasteiger partial charge in [0.2, 0.25) is 0 Å². The molecule has 22 heavy (non-hydrogen) atoms. The summed E-state index contributed by atoms with van der Waals surface area (Å²) in [6.45, 7) is 0. The van der Waals surface area contributed by atoms with Crippen molar-refractivity contribution in [1.82, 2.24) is 4.90 Å². The molecule has 7 heteroatoms. The number of fused-ring (bicyclic) bond motifs is 3. The van der Waals surface area contributed by atoms with Gasteiger partial charge in [-0.3, -0.25) is 4.79 Å². The number of anilines is 1. The molecule has 0 aliphatic carbocycles. The number of carbonyl (C=O) groups is 2. The molecular weight excluding hydrogens is 300 g/mol. The first kappa shape index (κ1) is 13.1. The molecule has 6 nitrogen and oxygen atoms in total. The number of thiazole rings is 1. The molecule has 0 spiro atoms. The van der Waals surface area contributed by atoms with Crippen LogP contribution in [0.2, 0.25) is 0 Å². The molecule has 1 N–H and O–H groups in total. The van der Waals surface area contributed by atoms with Crippen LogP contribution in [0.1, 0.15) is 0 Å². The molecule has 110 valence electrons. The second-order valence-electron chi connectivity index (χ2n) is 5.31. The van der Waals surface area contributed by atoms with Gasteiger partial charge >= 0.3 is 23.0 Å². The Bertz CT molecular complexity index is 840. The smallest absolute Gasteiger partial charge is 0.268 e. The van der Waals surface area contributed by atoms with Crippen LogP contribution in [0, 0.1) is 0 Å². The van der Waals surface area contributed by atoms with E-state index in [-0.39, 0.29) is 11.9 Å². The standard InChI is InChI=1S/C15H13N4O2S/c1-17-12-11(13(20)18(2)15(17)21)16-14-19(12)8-10(22-14)9-6-4-3-5-7-9/h3-8,11H,1-2H3/q+1/p+1. The highest BCUT2D eigenvalue weighted by Gasteiger charge is 2.56. The number of rotatable bonds is 1. The first-order valence-corrected chi connectivity index (χ1v) is 7.69. The summed E-state index contributed by atoms with van der Waals surface area (Å²) in [5.74, 6) is 0.441. The highest BCUT2D eigenvalue weighted by Crippen LogP contribution is 2.31. The fourth-order valence-corrected chi connectivity index (χ4v) is 3.87. The molecule has 1 atom stereocenters. The maximum atomic E-state index is 12.3. The van der Waals surface area contributed by atoms with Gasteiger partial charge < -0.3 is 0 Å². The lowest BCUT2D eigenvalue weighted by Gasteiger charge is -2.18. The zero-order valence-corrected chi connectivity index (χ0v) is 12.9. The summed E-state index contributed by atoms with van der Waals surface area (Å²) in [5, 5.41) is 4.08. The maximum absolute atomic E-state index is 12.3. The molecule has 1 aromatic heterocycles. The molecular formula is C15H14N4O2S+2. The molecule has 4 rings (SSSR count). The fourth-order valence-electron chi connectivity index (χ4n) is 2.83. The first-order valence-electron chi connectivity index (χ1n) is 6.88. The topological polar surface area (TPSA) is 56.3 Å². The van der Waals surface area contributed by atoms with Crippen LogP contribution in [-0.4, -0.2) is 47.4 Å². The van der Waals surface area contributed by atoms with Gasteiger partial charge in [0.25, 0.3) is 5.91 Å². The van der Waals surface area contributed by atoms with Crippen LogP contribution in [-0.2, 0) is 4.79 Å². The van der Waals surface area contributed by atoms with Gasteiger partial charge in [-0.15, -0.1) is 9.14 Å². The number of carbonyl (C=O) groups excluding carboxylic acids is 2. The maximum Gasteiger partial charge on any atom is 0.447 e. The van der Waals surface area contributed by atoms with Crippen molar-refractivity contribution in [2.24, 2.45) is 0 Å². The zero-order valence-electron chi connectivity index (χ0n) is 12.1. The van der Waals surface area contributed by atoms with Crippen LogP contribution >= 0.6 is 11.3 Å². The minimum Gasteiger partial charge on any atom is -0.268 e. The third kappa shape index (κ3) is 1.66. The van der Waals surface area contributed by atoms with E-state index in [1.54, 1.807) is 18.4 Å². The summed E-state index contributed by atoms with van der Waals surface area (Å²) in [6, 6.07) is 9.22. The monoisotopic (exact) mass is 314 g/mol. The van der Waals surface area contributed by atoms with Crippen molar-refractivity contribution in [1.29, 1.82) is 0 Å². The average Bonchev–Trinajstić information content (AvgIpc) is 3.09. The summed E-state index contributed by atoms with van der Waals surface area (Å²) in [5.41, 5.74) is 1.11. The third-order valence-corrected chi connectivity index (χ3v) is 5.07. The predicted molar refractivity (Wildman–Crippen MR) is 82.1 cm³/mol. The number of hydrogen-bond donors (Lipinski definition) is 1. The number of hydrogen-bond acceptors (Lipinski definition) is 4. The van der Waals surface area contributed by atoms with Crippen molar-refractivity contribution in [3.63, 3.8) is 0 Å². The van der Waals surface area contributed by atoms with E-state index in [1.807, 2.05) is 41.1 Å². The van der Waals surface area contributed by atoms with Gasteiger partial charge in [-0.1, -0.05) is 30.3 Å². The van der Waals surface area contributed by atoms with Gasteiger partial charge in [0.05, 0.1) is 4.88 Å². The molecule has 0 saturated carbocycles. The number of amides is 3. The Labute approximate surface area is 130 Å². The van der Waals surface area contributed by atoms with Crippen molar-refractivity contribution in [2.45, 2.75) is 6.04 Å². The summed E-state index contributed by atoms with van der Waals surface area (Å²) < 4.78 is 3.43. The molecule has 1 aromatic carbocycles. The number of likely N-dealkylation sites (N-methyl/N-ethyl adjacent to an activating group) is 1. The van der Waals surface area contributed by atoms with Crippen molar-refractivity contribution in [2.75, 3.05) is 19.4 Å². The molecule has 0 radical (unpaired) electrons. The van der Waals surface area contributed by atoms with Crippen LogP contribution in [0.3, 0.4) is 0 Å². The molecule has 0 fully saturated rings. The van der Waals surface area contributed by atoms with Gasteiger partial charge in [-0.2, -0.15) is 0 Å². The minimum atomic E-state index is -0.497. The molecule has 2 aliphatic rings. The van der Waals surface area contributed by atoms with Crippen LogP contribution in [0.15, 0.2) is 36.5 Å². The highest BCUT2D eigenvalue weighted by atomic mass is 32.1. The highest BCUT2D eigenvalue weighted by molar-refractivity contribution is 7.18. The van der Waals surface area contributed by atoms with Gasteiger partial charge in [-0.25, -0.2) is 15.0 Å². The molecule has 1 unspecified atom stereocenters. The van der Waals surface area contributed by atoms with Crippen molar-refractivity contribution in [3.05, 3.63) is 36.5 Å². The van der Waals surface area contributed by atoms with E-state index in [2.05, 4.69) is 5.32 Å². The second-order valence-corrected chi connectivity index (χ2v) is 6.34. The Hall–Kier alpha value is -2.54. The lowest BCUT2D eigenvalue weighted by molar-refractivity contribution is -0.590. The number of aromatic nitrogens is 1. The predicted octanol–water partition coefficient (Wildman–Crippen LogP) is 0.978. The molecule has 0 saturated heterocycles. The summed E-state index contributed by atoms with van der Waals surface area (Å²) in [4.78, 5) is 26.6. The summed E-state index contributed by atoms with van der Waals surface area (Å²) in [7, 11) is 3.20. The number of benzene rings is 1. The first-order chi connectivity index (χ1) is 10.6. The normalized spacial score (nSPS) is 20.1. The number of nitrogens with zero attached hydrogens (tertiary/aromatic N) is 3. The van der Waals surface area contributed by atoms with Crippen molar-refractivity contribution in [3.8, 4) is 10.4 Å². The average molecular weight is 314 g/mol. The van der Waals surface area contributed by atoms with E-state index in [0.717, 1.165) is 20.5 Å².